The Morgan fingerprint density at radius 1 is 1.13 bits per heavy atom. The van der Waals surface area contributed by atoms with Crippen LogP contribution in [0.4, 0.5) is 5.69 Å². The molecule has 1 aliphatic rings. The summed E-state index contributed by atoms with van der Waals surface area (Å²) in [5, 5.41) is 2.50. The Morgan fingerprint density at radius 3 is 2.68 bits per heavy atom. The number of H-pyrrole nitrogens is 2. The second-order valence-corrected chi connectivity index (χ2v) is 7.82. The number of nitrogens with zero attached hydrogens (tertiary/aromatic N) is 2. The van der Waals surface area contributed by atoms with Crippen LogP contribution >= 0.6 is 0 Å². The number of carbonyl (C=O) groups is 3. The van der Waals surface area contributed by atoms with Gasteiger partial charge in [0.25, 0.3) is 0 Å². The molecule has 4 rings (SSSR count). The fourth-order valence-corrected chi connectivity index (χ4v) is 3.94. The molecule has 2 atom stereocenters. The minimum atomic E-state index is -0.821. The molecule has 160 valence electrons. The predicted octanol–water partition coefficient (Wildman–Crippen LogP) is 1.29. The molecule has 10 heteroatoms. The maximum atomic E-state index is 13.1. The highest BCUT2D eigenvalue weighted by molar-refractivity contribution is 6.39. The fourth-order valence-electron chi connectivity index (χ4n) is 3.94. The highest BCUT2D eigenvalue weighted by Gasteiger charge is 2.34. The van der Waals surface area contributed by atoms with Gasteiger partial charge in [-0.05, 0) is 42.5 Å². The third-order valence-corrected chi connectivity index (χ3v) is 5.48. The summed E-state index contributed by atoms with van der Waals surface area (Å²) < 4.78 is 0. The van der Waals surface area contributed by atoms with E-state index in [0.29, 0.717) is 24.0 Å². The maximum absolute atomic E-state index is 13.1. The number of amides is 3. The second-order valence-electron chi connectivity index (χ2n) is 7.82. The number of imidazole rings is 1. The molecular formula is C21H22N6O4. The Hall–Kier alpha value is -3.95. The Labute approximate surface area is 176 Å². The van der Waals surface area contributed by atoms with Crippen LogP contribution in [0.2, 0.25) is 0 Å². The number of anilines is 1. The summed E-state index contributed by atoms with van der Waals surface area (Å²) >= 11 is 0. The molecule has 5 N–H and O–H groups in total. The van der Waals surface area contributed by atoms with Gasteiger partial charge in [0.1, 0.15) is 0 Å². The van der Waals surface area contributed by atoms with Gasteiger partial charge in [-0.15, -0.1) is 0 Å². The van der Waals surface area contributed by atoms with Crippen LogP contribution in [0.25, 0.3) is 11.0 Å². The van der Waals surface area contributed by atoms with Crippen LogP contribution in [0.5, 0.6) is 0 Å². The second kappa shape index (κ2) is 8.05. The highest BCUT2D eigenvalue weighted by atomic mass is 16.2. The molecule has 0 radical (unpaired) electrons. The van der Waals surface area contributed by atoms with E-state index < -0.39 is 17.7 Å². The molecule has 3 aromatic rings. The number of hydrogen-bond acceptors (Lipinski definition) is 5. The van der Waals surface area contributed by atoms with Crippen LogP contribution in [0, 0.1) is 5.92 Å². The molecule has 0 saturated carbocycles. The quantitative estimate of drug-likeness (QED) is 0.468. The minimum absolute atomic E-state index is 0.128. The van der Waals surface area contributed by atoms with Gasteiger partial charge in [0.2, 0.25) is 5.91 Å². The molecule has 3 amide bonds. The monoisotopic (exact) mass is 422 g/mol. The van der Waals surface area contributed by atoms with E-state index in [1.165, 1.54) is 18.5 Å². The number of nitrogens with two attached hydrogens (primary N) is 1. The lowest BCUT2D eigenvalue weighted by Gasteiger charge is -2.38. The number of pyridine rings is 1. The van der Waals surface area contributed by atoms with Crippen molar-refractivity contribution < 1.29 is 14.4 Å². The lowest BCUT2D eigenvalue weighted by atomic mass is 9.89. The third kappa shape index (κ3) is 4.18. The Bertz CT molecular complexity index is 1230. The SMILES string of the molecule is C[C@H]1CC[C@H](c2ccc3[nH]c(=O)[nH]c3c2)N(C(=O)C(=O)Nc2cncc(C(N)=O)c2)C1. The van der Waals surface area contributed by atoms with Gasteiger partial charge in [0.05, 0.1) is 34.5 Å². The largest absolute Gasteiger partial charge is 0.366 e. The summed E-state index contributed by atoms with van der Waals surface area (Å²) in [6.45, 7) is 2.46. The number of likely N-dealkylation sites (tertiary alicyclic amines) is 1. The Morgan fingerprint density at radius 2 is 1.90 bits per heavy atom. The molecule has 1 aromatic carbocycles. The van der Waals surface area contributed by atoms with Crippen molar-refractivity contribution in [3.63, 3.8) is 0 Å². The smallest absolute Gasteiger partial charge is 0.323 e. The number of aromatic nitrogens is 3. The van der Waals surface area contributed by atoms with Gasteiger partial charge in [-0.1, -0.05) is 13.0 Å². The van der Waals surface area contributed by atoms with E-state index in [-0.39, 0.29) is 28.9 Å². The van der Waals surface area contributed by atoms with Gasteiger partial charge in [-0.2, -0.15) is 0 Å². The zero-order chi connectivity index (χ0) is 22.1. The standard InChI is InChI=1S/C21H22N6O4/c1-11-2-5-17(12-3-4-15-16(7-12)26-21(31)25-15)27(10-11)20(30)19(29)24-14-6-13(18(22)28)8-23-9-14/h3-4,6-9,11,17H,2,5,10H2,1H3,(H2,22,28)(H,24,29)(H2,25,26,31)/t11-,17+/m0/s1. The van der Waals surface area contributed by atoms with Crippen molar-refractivity contribution in [1.29, 1.82) is 0 Å². The van der Waals surface area contributed by atoms with E-state index in [4.69, 9.17) is 5.73 Å². The van der Waals surface area contributed by atoms with Crippen LogP contribution in [0.15, 0.2) is 41.5 Å². The van der Waals surface area contributed by atoms with Crippen LogP contribution in [0.3, 0.4) is 0 Å². The van der Waals surface area contributed by atoms with Crippen LogP contribution in [-0.2, 0) is 9.59 Å². The lowest BCUT2D eigenvalue weighted by Crippen LogP contribution is -2.46. The number of nitrogens with one attached hydrogen (secondary N) is 3. The van der Waals surface area contributed by atoms with E-state index in [1.807, 2.05) is 19.1 Å². The molecular weight excluding hydrogens is 400 g/mol. The van der Waals surface area contributed by atoms with Crippen molar-refractivity contribution >= 4 is 34.4 Å². The summed E-state index contributed by atoms with van der Waals surface area (Å²) in [6.07, 6.45) is 4.22. The summed E-state index contributed by atoms with van der Waals surface area (Å²) in [4.78, 5) is 59.5. The number of benzene rings is 1. The van der Waals surface area contributed by atoms with E-state index in [1.54, 1.807) is 11.0 Å². The normalized spacial score (nSPS) is 18.7. The summed E-state index contributed by atoms with van der Waals surface area (Å²) in [7, 11) is 0. The van der Waals surface area contributed by atoms with Gasteiger partial charge in [0, 0.05) is 12.7 Å². The number of primary amides is 1. The lowest BCUT2D eigenvalue weighted by molar-refractivity contribution is -0.146. The summed E-state index contributed by atoms with van der Waals surface area (Å²) in [5.41, 5.74) is 7.44. The first-order valence-corrected chi connectivity index (χ1v) is 9.90. The highest BCUT2D eigenvalue weighted by Crippen LogP contribution is 2.34. The number of rotatable bonds is 3. The summed E-state index contributed by atoms with van der Waals surface area (Å²) in [5.74, 6) is -1.94. The van der Waals surface area contributed by atoms with Crippen molar-refractivity contribution in [3.05, 3.63) is 58.3 Å². The predicted molar refractivity (Wildman–Crippen MR) is 113 cm³/mol. The number of hydrogen-bond donors (Lipinski definition) is 4. The minimum Gasteiger partial charge on any atom is -0.366 e. The molecule has 1 saturated heterocycles. The molecule has 1 fully saturated rings. The van der Waals surface area contributed by atoms with Crippen molar-refractivity contribution in [2.75, 3.05) is 11.9 Å². The van der Waals surface area contributed by atoms with Crippen LogP contribution < -0.4 is 16.7 Å². The molecule has 0 aliphatic carbocycles. The average molecular weight is 422 g/mol. The molecule has 10 nitrogen and oxygen atoms in total. The average Bonchev–Trinajstić information content (AvgIpc) is 3.12. The van der Waals surface area contributed by atoms with E-state index in [0.717, 1.165) is 12.0 Å². The first-order valence-electron chi connectivity index (χ1n) is 9.90. The molecule has 31 heavy (non-hydrogen) atoms. The van der Waals surface area contributed by atoms with Crippen molar-refractivity contribution in [2.45, 2.75) is 25.8 Å². The van der Waals surface area contributed by atoms with Crippen molar-refractivity contribution in [2.24, 2.45) is 11.7 Å². The first-order chi connectivity index (χ1) is 14.8. The van der Waals surface area contributed by atoms with E-state index >= 15 is 0 Å². The molecule has 3 heterocycles. The van der Waals surface area contributed by atoms with E-state index in [9.17, 15) is 19.2 Å². The van der Waals surface area contributed by atoms with Crippen LogP contribution in [-0.4, -0.2) is 44.1 Å². The third-order valence-electron chi connectivity index (χ3n) is 5.48. The topological polar surface area (TPSA) is 154 Å². The summed E-state index contributed by atoms with van der Waals surface area (Å²) in [6, 6.07) is 6.53. The van der Waals surface area contributed by atoms with Gasteiger partial charge >= 0.3 is 17.5 Å². The number of piperidine rings is 1. The first kappa shape index (κ1) is 20.3. The number of fused-ring (bicyclic) bond motifs is 1. The molecule has 0 unspecified atom stereocenters. The molecule has 1 aliphatic heterocycles. The Balaban J connectivity index is 1.58. The molecule has 0 bridgehead atoms. The van der Waals surface area contributed by atoms with Crippen molar-refractivity contribution in [1.82, 2.24) is 19.9 Å². The Kier molecular flexibility index (Phi) is 5.28. The zero-order valence-corrected chi connectivity index (χ0v) is 16.8. The van der Waals surface area contributed by atoms with Gasteiger partial charge in [-0.25, -0.2) is 4.79 Å². The zero-order valence-electron chi connectivity index (χ0n) is 16.8. The number of aromatic amines is 2. The maximum Gasteiger partial charge on any atom is 0.323 e. The van der Waals surface area contributed by atoms with Gasteiger partial charge in [0.15, 0.2) is 0 Å². The van der Waals surface area contributed by atoms with Gasteiger partial charge in [-0.3, -0.25) is 19.4 Å². The fraction of sp³-hybridized carbons (Fsp3) is 0.286. The van der Waals surface area contributed by atoms with Crippen LogP contribution in [0.1, 0.15) is 41.7 Å². The molecule has 0 spiro atoms. The van der Waals surface area contributed by atoms with Gasteiger partial charge < -0.3 is 25.9 Å². The molecule has 2 aromatic heterocycles. The van der Waals surface area contributed by atoms with Crippen molar-refractivity contribution in [3.8, 4) is 0 Å². The number of carbonyl (C=O) groups excluding carboxylic acids is 3. The van der Waals surface area contributed by atoms with E-state index in [2.05, 4.69) is 20.3 Å².